The van der Waals surface area contributed by atoms with Crippen LogP contribution < -0.4 is 10.6 Å². The van der Waals surface area contributed by atoms with E-state index in [0.717, 1.165) is 31.6 Å². The molecule has 0 aliphatic heterocycles. The Bertz CT molecular complexity index is 465. The first-order chi connectivity index (χ1) is 10.6. The lowest BCUT2D eigenvalue weighted by Crippen LogP contribution is -2.32. The van der Waals surface area contributed by atoms with Crippen LogP contribution in [0.1, 0.15) is 44.0 Å². The minimum Gasteiger partial charge on any atom is -0.376 e. The van der Waals surface area contributed by atoms with Crippen molar-refractivity contribution in [2.45, 2.75) is 33.6 Å². The molecule has 0 saturated carbocycles. The Labute approximate surface area is 133 Å². The number of likely N-dealkylation sites (N-methyl/N-ethyl adjacent to an activating group) is 1. The van der Waals surface area contributed by atoms with Gasteiger partial charge in [0.15, 0.2) is 0 Å². The van der Waals surface area contributed by atoms with Gasteiger partial charge in [0.05, 0.1) is 6.54 Å². The summed E-state index contributed by atoms with van der Waals surface area (Å²) in [7, 11) is 0. The van der Waals surface area contributed by atoms with Crippen molar-refractivity contribution in [1.29, 1.82) is 0 Å². The summed E-state index contributed by atoms with van der Waals surface area (Å²) in [5, 5.41) is 5.76. The number of nitrogens with zero attached hydrogens (tertiary/aromatic N) is 1. The number of nitrogens with one attached hydrogen (secondary N) is 2. The molecule has 0 spiro atoms. The predicted octanol–water partition coefficient (Wildman–Crippen LogP) is 2.50. The largest absolute Gasteiger partial charge is 0.376 e. The van der Waals surface area contributed by atoms with Gasteiger partial charge in [-0.15, -0.1) is 0 Å². The van der Waals surface area contributed by atoms with Crippen LogP contribution in [0.5, 0.6) is 0 Å². The van der Waals surface area contributed by atoms with Gasteiger partial charge in [0, 0.05) is 30.9 Å². The van der Waals surface area contributed by atoms with E-state index in [1.165, 1.54) is 0 Å². The highest BCUT2D eigenvalue weighted by atomic mass is 16.2. The van der Waals surface area contributed by atoms with E-state index in [4.69, 9.17) is 0 Å². The van der Waals surface area contributed by atoms with E-state index >= 15 is 0 Å². The van der Waals surface area contributed by atoms with Crippen LogP contribution in [0, 0.1) is 0 Å². The van der Waals surface area contributed by atoms with Gasteiger partial charge in [-0.3, -0.25) is 9.59 Å². The number of benzene rings is 1. The van der Waals surface area contributed by atoms with E-state index in [2.05, 4.69) is 24.5 Å². The van der Waals surface area contributed by atoms with Crippen LogP contribution in [0.4, 0.5) is 5.69 Å². The van der Waals surface area contributed by atoms with Gasteiger partial charge < -0.3 is 15.5 Å². The zero-order valence-corrected chi connectivity index (χ0v) is 13.8. The third-order valence-electron chi connectivity index (χ3n) is 3.23. The molecule has 1 aromatic rings. The molecule has 0 heterocycles. The van der Waals surface area contributed by atoms with Gasteiger partial charge in [0.2, 0.25) is 5.91 Å². The zero-order valence-electron chi connectivity index (χ0n) is 13.8. The number of rotatable bonds is 9. The van der Waals surface area contributed by atoms with Crippen molar-refractivity contribution >= 4 is 17.5 Å². The van der Waals surface area contributed by atoms with Gasteiger partial charge >= 0.3 is 0 Å². The molecule has 0 radical (unpaired) electrons. The van der Waals surface area contributed by atoms with Crippen LogP contribution in [0.2, 0.25) is 0 Å². The van der Waals surface area contributed by atoms with Crippen LogP contribution >= 0.6 is 0 Å². The summed E-state index contributed by atoms with van der Waals surface area (Å²) in [5.41, 5.74) is 1.52. The average molecular weight is 305 g/mol. The number of carbonyl (C=O) groups excluding carboxylic acids is 2. The second-order valence-electron chi connectivity index (χ2n) is 5.18. The van der Waals surface area contributed by atoms with Gasteiger partial charge in [-0.05, 0) is 44.0 Å². The Kier molecular flexibility index (Phi) is 8.04. The topological polar surface area (TPSA) is 61.4 Å². The highest BCUT2D eigenvalue weighted by molar-refractivity contribution is 5.94. The lowest BCUT2D eigenvalue weighted by atomic mass is 10.1. The molecule has 2 amide bonds. The molecule has 0 bridgehead atoms. The van der Waals surface area contributed by atoms with Crippen molar-refractivity contribution in [3.63, 3.8) is 0 Å². The van der Waals surface area contributed by atoms with Crippen LogP contribution in [0.15, 0.2) is 24.3 Å². The maximum absolute atomic E-state index is 12.4. The summed E-state index contributed by atoms with van der Waals surface area (Å²) in [6.07, 6.45) is 1.91. The minimum atomic E-state index is -0.0419. The Morgan fingerprint density at radius 2 is 1.59 bits per heavy atom. The van der Waals surface area contributed by atoms with Crippen LogP contribution in [0.3, 0.4) is 0 Å². The first-order valence-corrected chi connectivity index (χ1v) is 8.02. The second kappa shape index (κ2) is 9.82. The van der Waals surface area contributed by atoms with Crippen LogP contribution in [0.25, 0.3) is 0 Å². The molecule has 22 heavy (non-hydrogen) atoms. The lowest BCUT2D eigenvalue weighted by Gasteiger charge is -2.21. The summed E-state index contributed by atoms with van der Waals surface area (Å²) >= 11 is 0. The smallest absolute Gasteiger partial charge is 0.253 e. The fraction of sp³-hybridized carbons (Fsp3) is 0.529. The van der Waals surface area contributed by atoms with E-state index in [-0.39, 0.29) is 18.4 Å². The molecule has 1 rings (SSSR count). The molecule has 122 valence electrons. The molecular formula is C17H27N3O2. The highest BCUT2D eigenvalue weighted by Gasteiger charge is 2.13. The number of amides is 2. The van der Waals surface area contributed by atoms with Gasteiger partial charge in [0.1, 0.15) is 0 Å². The molecule has 1 aromatic carbocycles. The van der Waals surface area contributed by atoms with E-state index in [0.29, 0.717) is 12.1 Å². The maximum Gasteiger partial charge on any atom is 0.253 e. The molecule has 5 nitrogen and oxygen atoms in total. The Morgan fingerprint density at radius 1 is 1.00 bits per heavy atom. The molecule has 0 fully saturated rings. The third-order valence-corrected chi connectivity index (χ3v) is 3.23. The molecule has 5 heteroatoms. The summed E-state index contributed by atoms with van der Waals surface area (Å²) in [5.74, 6) is 0.0266. The average Bonchev–Trinajstić information content (AvgIpc) is 2.53. The fourth-order valence-electron chi connectivity index (χ4n) is 2.21. The number of hydrogen-bond donors (Lipinski definition) is 2. The Morgan fingerprint density at radius 3 is 2.09 bits per heavy atom. The van der Waals surface area contributed by atoms with Crippen LogP contribution in [-0.4, -0.2) is 42.9 Å². The van der Waals surface area contributed by atoms with Crippen molar-refractivity contribution in [3.8, 4) is 0 Å². The van der Waals surface area contributed by atoms with Crippen molar-refractivity contribution in [2.24, 2.45) is 0 Å². The fourth-order valence-corrected chi connectivity index (χ4v) is 2.21. The molecule has 0 unspecified atom stereocenters. The molecule has 0 saturated heterocycles. The van der Waals surface area contributed by atoms with Gasteiger partial charge in [0.25, 0.3) is 5.91 Å². The highest BCUT2D eigenvalue weighted by Crippen LogP contribution is 2.12. The standard InChI is InChI=1S/C17H27N3O2/c1-4-11-20(12-5-2)17(22)14-7-9-15(10-8-14)19-13-16(21)18-6-3/h7-10,19H,4-6,11-13H2,1-3H3,(H,18,21). The maximum atomic E-state index is 12.4. The summed E-state index contributed by atoms with van der Waals surface area (Å²) in [4.78, 5) is 25.7. The predicted molar refractivity (Wildman–Crippen MR) is 90.1 cm³/mol. The molecule has 0 aliphatic carbocycles. The number of carbonyl (C=O) groups is 2. The molecule has 2 N–H and O–H groups in total. The second-order valence-corrected chi connectivity index (χ2v) is 5.18. The first kappa shape index (κ1) is 18.0. The van der Waals surface area contributed by atoms with E-state index < -0.39 is 0 Å². The normalized spacial score (nSPS) is 10.1. The summed E-state index contributed by atoms with van der Waals surface area (Å²) in [6.45, 7) is 8.45. The summed E-state index contributed by atoms with van der Waals surface area (Å²) < 4.78 is 0. The van der Waals surface area contributed by atoms with E-state index in [9.17, 15) is 9.59 Å². The quantitative estimate of drug-likeness (QED) is 0.737. The van der Waals surface area contributed by atoms with Crippen LogP contribution in [-0.2, 0) is 4.79 Å². The third kappa shape index (κ3) is 5.76. The minimum absolute atomic E-state index is 0.0419. The van der Waals surface area contributed by atoms with Crippen molar-refractivity contribution in [1.82, 2.24) is 10.2 Å². The van der Waals surface area contributed by atoms with Gasteiger partial charge in [-0.2, -0.15) is 0 Å². The monoisotopic (exact) mass is 305 g/mol. The first-order valence-electron chi connectivity index (χ1n) is 8.02. The zero-order chi connectivity index (χ0) is 16.4. The van der Waals surface area contributed by atoms with Gasteiger partial charge in [-0.25, -0.2) is 0 Å². The molecule has 0 aliphatic rings. The van der Waals surface area contributed by atoms with Crippen molar-refractivity contribution < 1.29 is 9.59 Å². The molecule has 0 aromatic heterocycles. The Balaban J connectivity index is 2.62. The summed E-state index contributed by atoms with van der Waals surface area (Å²) in [6, 6.07) is 7.28. The van der Waals surface area contributed by atoms with E-state index in [1.807, 2.05) is 24.0 Å². The SMILES string of the molecule is CCCN(CCC)C(=O)c1ccc(NCC(=O)NCC)cc1. The molecule has 0 atom stereocenters. The molecular weight excluding hydrogens is 278 g/mol. The van der Waals surface area contributed by atoms with Gasteiger partial charge in [-0.1, -0.05) is 13.8 Å². The lowest BCUT2D eigenvalue weighted by molar-refractivity contribution is -0.119. The van der Waals surface area contributed by atoms with E-state index in [1.54, 1.807) is 12.1 Å². The van der Waals surface area contributed by atoms with Crippen molar-refractivity contribution in [3.05, 3.63) is 29.8 Å². The Hall–Kier alpha value is -2.04. The van der Waals surface area contributed by atoms with Crippen molar-refractivity contribution in [2.75, 3.05) is 31.5 Å². The number of hydrogen-bond acceptors (Lipinski definition) is 3. The number of anilines is 1.